The summed E-state index contributed by atoms with van der Waals surface area (Å²) in [6.07, 6.45) is 0. The summed E-state index contributed by atoms with van der Waals surface area (Å²) in [7, 11) is 1.31. The minimum atomic E-state index is -0.500. The van der Waals surface area contributed by atoms with E-state index in [9.17, 15) is 9.59 Å². The van der Waals surface area contributed by atoms with Crippen molar-refractivity contribution in [1.29, 1.82) is 0 Å². The van der Waals surface area contributed by atoms with Crippen molar-refractivity contribution in [3.05, 3.63) is 71.3 Å². The summed E-state index contributed by atoms with van der Waals surface area (Å²) in [5.74, 6) is -0.674. The third-order valence-corrected chi connectivity index (χ3v) is 3.45. The lowest BCUT2D eigenvalue weighted by atomic mass is 10.1. The molecule has 0 aliphatic rings. The fraction of sp³-hybridized carbons (Fsp3) is 0.222. The topological polar surface area (TPSA) is 46.6 Å². The van der Waals surface area contributed by atoms with E-state index in [1.165, 1.54) is 7.11 Å². The highest BCUT2D eigenvalue weighted by molar-refractivity contribution is 6.05. The quantitative estimate of drug-likeness (QED) is 0.797. The molecule has 22 heavy (non-hydrogen) atoms. The van der Waals surface area contributed by atoms with Gasteiger partial charge in [0.2, 0.25) is 0 Å². The van der Waals surface area contributed by atoms with Gasteiger partial charge < -0.3 is 9.64 Å². The number of nitrogens with zero attached hydrogens (tertiary/aromatic N) is 1. The van der Waals surface area contributed by atoms with E-state index in [0.29, 0.717) is 24.2 Å². The Morgan fingerprint density at radius 3 is 2.14 bits per heavy atom. The maximum Gasteiger partial charge on any atom is 0.338 e. The van der Waals surface area contributed by atoms with E-state index < -0.39 is 5.97 Å². The molecular weight excluding hydrogens is 278 g/mol. The van der Waals surface area contributed by atoms with Crippen LogP contribution in [0.1, 0.15) is 33.2 Å². The molecule has 0 aliphatic heterocycles. The first-order valence-electron chi connectivity index (χ1n) is 7.18. The Morgan fingerprint density at radius 2 is 1.55 bits per heavy atom. The van der Waals surface area contributed by atoms with Gasteiger partial charge in [-0.05, 0) is 24.6 Å². The molecule has 0 unspecified atom stereocenters. The van der Waals surface area contributed by atoms with Crippen LogP contribution in [0.2, 0.25) is 0 Å². The molecule has 0 radical (unpaired) electrons. The fourth-order valence-electron chi connectivity index (χ4n) is 2.26. The maximum atomic E-state index is 12.7. The number of benzene rings is 2. The lowest BCUT2D eigenvalue weighted by Crippen LogP contribution is -2.31. The van der Waals surface area contributed by atoms with Crippen LogP contribution >= 0.6 is 0 Å². The van der Waals surface area contributed by atoms with Gasteiger partial charge in [-0.2, -0.15) is 0 Å². The van der Waals surface area contributed by atoms with E-state index in [-0.39, 0.29) is 5.91 Å². The van der Waals surface area contributed by atoms with Crippen molar-refractivity contribution in [2.75, 3.05) is 13.7 Å². The van der Waals surface area contributed by atoms with Gasteiger partial charge in [0.15, 0.2) is 0 Å². The Bertz CT molecular complexity index is 652. The Hall–Kier alpha value is -2.62. The van der Waals surface area contributed by atoms with Gasteiger partial charge in [0, 0.05) is 13.1 Å². The molecule has 2 aromatic rings. The number of hydrogen-bond acceptors (Lipinski definition) is 3. The van der Waals surface area contributed by atoms with E-state index in [1.54, 1.807) is 29.2 Å². The van der Waals surface area contributed by atoms with Gasteiger partial charge in [-0.1, -0.05) is 42.5 Å². The molecule has 114 valence electrons. The molecule has 0 N–H and O–H groups in total. The number of rotatable bonds is 5. The third kappa shape index (κ3) is 3.52. The van der Waals surface area contributed by atoms with Crippen molar-refractivity contribution < 1.29 is 14.3 Å². The predicted octanol–water partition coefficient (Wildman–Crippen LogP) is 3.14. The number of carbonyl (C=O) groups excluding carboxylic acids is 2. The zero-order chi connectivity index (χ0) is 15.9. The van der Waals surface area contributed by atoms with Crippen LogP contribution in [0, 0.1) is 0 Å². The highest BCUT2D eigenvalue weighted by atomic mass is 16.5. The summed E-state index contributed by atoms with van der Waals surface area (Å²) < 4.78 is 4.75. The second kappa shape index (κ2) is 7.41. The number of amides is 1. The van der Waals surface area contributed by atoms with E-state index >= 15 is 0 Å². The highest BCUT2D eigenvalue weighted by Gasteiger charge is 2.21. The number of methoxy groups -OCH3 is 1. The molecule has 0 spiro atoms. The Labute approximate surface area is 130 Å². The molecule has 0 heterocycles. The Kier molecular flexibility index (Phi) is 5.31. The smallest absolute Gasteiger partial charge is 0.338 e. The second-order valence-corrected chi connectivity index (χ2v) is 4.84. The van der Waals surface area contributed by atoms with Crippen LogP contribution in [-0.4, -0.2) is 30.4 Å². The summed E-state index contributed by atoms with van der Waals surface area (Å²) >= 11 is 0. The van der Waals surface area contributed by atoms with Gasteiger partial charge >= 0.3 is 5.97 Å². The van der Waals surface area contributed by atoms with Gasteiger partial charge in [-0.3, -0.25) is 4.79 Å². The number of ether oxygens (including phenoxy) is 1. The van der Waals surface area contributed by atoms with E-state index in [0.717, 1.165) is 5.56 Å². The summed E-state index contributed by atoms with van der Waals surface area (Å²) in [6, 6.07) is 16.5. The van der Waals surface area contributed by atoms with Crippen LogP contribution in [0.5, 0.6) is 0 Å². The van der Waals surface area contributed by atoms with E-state index in [1.807, 2.05) is 37.3 Å². The molecule has 2 aromatic carbocycles. The van der Waals surface area contributed by atoms with Crippen molar-refractivity contribution in [2.24, 2.45) is 0 Å². The van der Waals surface area contributed by atoms with Gasteiger partial charge in [-0.25, -0.2) is 4.79 Å². The first kappa shape index (κ1) is 15.8. The van der Waals surface area contributed by atoms with Gasteiger partial charge in [0.1, 0.15) is 0 Å². The van der Waals surface area contributed by atoms with Crippen molar-refractivity contribution >= 4 is 11.9 Å². The molecule has 4 heteroatoms. The largest absolute Gasteiger partial charge is 0.465 e. The van der Waals surface area contributed by atoms with Crippen LogP contribution in [0.3, 0.4) is 0 Å². The van der Waals surface area contributed by atoms with Crippen LogP contribution < -0.4 is 0 Å². The zero-order valence-corrected chi connectivity index (χ0v) is 12.8. The van der Waals surface area contributed by atoms with Gasteiger partial charge in [-0.15, -0.1) is 0 Å². The molecule has 0 aliphatic carbocycles. The average molecular weight is 297 g/mol. The van der Waals surface area contributed by atoms with Crippen molar-refractivity contribution in [1.82, 2.24) is 4.90 Å². The number of esters is 1. The van der Waals surface area contributed by atoms with E-state index in [2.05, 4.69) is 0 Å². The molecule has 0 aromatic heterocycles. The second-order valence-electron chi connectivity index (χ2n) is 4.84. The van der Waals surface area contributed by atoms with Gasteiger partial charge in [0.25, 0.3) is 5.91 Å². The highest BCUT2D eigenvalue weighted by Crippen LogP contribution is 2.15. The minimum absolute atomic E-state index is 0.174. The normalized spacial score (nSPS) is 10.1. The first-order chi connectivity index (χ1) is 10.7. The summed E-state index contributed by atoms with van der Waals surface area (Å²) in [4.78, 5) is 26.3. The maximum absolute atomic E-state index is 12.7. The molecule has 1 amide bonds. The third-order valence-electron chi connectivity index (χ3n) is 3.45. The lowest BCUT2D eigenvalue weighted by molar-refractivity contribution is 0.0590. The zero-order valence-electron chi connectivity index (χ0n) is 12.8. The average Bonchev–Trinajstić information content (AvgIpc) is 2.59. The van der Waals surface area contributed by atoms with Crippen molar-refractivity contribution in [2.45, 2.75) is 13.5 Å². The van der Waals surface area contributed by atoms with Gasteiger partial charge in [0.05, 0.1) is 18.2 Å². The minimum Gasteiger partial charge on any atom is -0.465 e. The summed E-state index contributed by atoms with van der Waals surface area (Å²) in [5.41, 5.74) is 1.71. The van der Waals surface area contributed by atoms with Crippen LogP contribution in [0.25, 0.3) is 0 Å². The summed E-state index contributed by atoms with van der Waals surface area (Å²) in [6.45, 7) is 2.98. The molecule has 0 saturated carbocycles. The lowest BCUT2D eigenvalue weighted by Gasteiger charge is -2.22. The Morgan fingerprint density at radius 1 is 0.955 bits per heavy atom. The van der Waals surface area contributed by atoms with Crippen LogP contribution in [-0.2, 0) is 11.3 Å². The molecule has 2 rings (SSSR count). The monoisotopic (exact) mass is 297 g/mol. The van der Waals surface area contributed by atoms with E-state index in [4.69, 9.17) is 4.74 Å². The molecular formula is C18H19NO3. The molecule has 0 atom stereocenters. The predicted molar refractivity (Wildman–Crippen MR) is 84.6 cm³/mol. The molecule has 4 nitrogen and oxygen atoms in total. The Balaban J connectivity index is 2.27. The fourth-order valence-corrected chi connectivity index (χ4v) is 2.26. The van der Waals surface area contributed by atoms with Crippen molar-refractivity contribution in [3.8, 4) is 0 Å². The van der Waals surface area contributed by atoms with Crippen LogP contribution in [0.4, 0.5) is 0 Å². The van der Waals surface area contributed by atoms with Crippen LogP contribution in [0.15, 0.2) is 54.6 Å². The first-order valence-corrected chi connectivity index (χ1v) is 7.18. The SMILES string of the molecule is CCN(Cc1ccccc1)C(=O)c1ccccc1C(=O)OC. The summed E-state index contributed by atoms with van der Waals surface area (Å²) in [5, 5.41) is 0. The standard InChI is InChI=1S/C18H19NO3/c1-3-19(13-14-9-5-4-6-10-14)17(20)15-11-7-8-12-16(15)18(21)22-2/h4-12H,3,13H2,1-2H3. The molecule has 0 fully saturated rings. The number of carbonyl (C=O) groups is 2. The van der Waals surface area contributed by atoms with Crippen molar-refractivity contribution in [3.63, 3.8) is 0 Å². The molecule has 0 bridgehead atoms. The number of hydrogen-bond donors (Lipinski definition) is 0. The molecule has 0 saturated heterocycles.